The van der Waals surface area contributed by atoms with E-state index in [1.165, 1.54) is 88.0 Å². The molecule has 7 heterocycles. The number of para-hydroxylation sites is 4. The topological polar surface area (TPSA) is 102 Å². The van der Waals surface area contributed by atoms with Crippen molar-refractivity contribution in [2.75, 3.05) is 12.4 Å². The van der Waals surface area contributed by atoms with Gasteiger partial charge in [0.15, 0.2) is 0 Å². The Morgan fingerprint density at radius 3 is 0.926 bits per heavy atom. The van der Waals surface area contributed by atoms with Gasteiger partial charge in [0.05, 0.1) is 97.9 Å². The number of methoxy groups -OCH3 is 1. The van der Waals surface area contributed by atoms with Crippen LogP contribution in [-0.2, 0) is 65.7 Å². The first kappa shape index (κ1) is 99.3. The molecule has 0 unspecified atom stereocenters. The van der Waals surface area contributed by atoms with Crippen molar-refractivity contribution in [3.63, 3.8) is 0 Å². The second-order valence-corrected chi connectivity index (χ2v) is 44.1. The molecule has 0 spiro atoms. The molecule has 0 bridgehead atoms. The minimum absolute atomic E-state index is 0. The Kier molecular flexibility index (Phi) is 36.2. The summed E-state index contributed by atoms with van der Waals surface area (Å²) in [5.74, 6) is 6.92. The predicted molar refractivity (Wildman–Crippen MR) is 520 cm³/mol. The summed E-state index contributed by atoms with van der Waals surface area (Å²) in [6.45, 7) is 24.7. The third kappa shape index (κ3) is 22.7. The van der Waals surface area contributed by atoms with E-state index in [9.17, 15) is 0 Å². The van der Waals surface area contributed by atoms with E-state index in [0.29, 0.717) is 6.10 Å². The van der Waals surface area contributed by atoms with Crippen LogP contribution >= 0.6 is 74.0 Å². The molecule has 646 valence electrons. The van der Waals surface area contributed by atoms with E-state index in [1.807, 2.05) is 128 Å². The van der Waals surface area contributed by atoms with Crippen LogP contribution in [-0.4, -0.2) is 98.0 Å². The van der Waals surface area contributed by atoms with Crippen LogP contribution < -0.4 is 78.4 Å². The SMILES string of the molecule is Brc1ccc2c3c1Oc1ccccc1B3c1ccccc1O2.CC1(C)OB(B2OC(C)(C)C(C)(C)O2)OC1(C)C.CC1(C)OB(c2ccc3c4c2Oc2ccccc2B4c2ccccc2O3)OC1(C)C.COC1CCCC1.ClCCl.[CH3-].[CH3-].[Cl][Pd][Cl].[Fe+2].c1ccc([PH+](c2ccccc2)C2CCCC2)cc1.c1ccc([PH+](c2ccccc2)C2CCCC2)cc1. The zero-order valence-corrected chi connectivity index (χ0v) is 82.2. The monoisotopic (exact) mass is 1950 g/mol. The summed E-state index contributed by atoms with van der Waals surface area (Å²) in [4.78, 5) is 0. The van der Waals surface area contributed by atoms with Crippen molar-refractivity contribution in [1.82, 2.24) is 0 Å². The zero-order valence-electron chi connectivity index (χ0n) is 73.0. The van der Waals surface area contributed by atoms with Crippen molar-refractivity contribution in [3.05, 3.63) is 262 Å². The Hall–Kier alpha value is -4.87. The molecule has 3 aliphatic carbocycles. The number of rotatable bonds is 9. The van der Waals surface area contributed by atoms with Gasteiger partial charge in [-0.3, -0.25) is 0 Å². The van der Waals surface area contributed by atoms with Gasteiger partial charge in [0.1, 0.15) is 46.0 Å². The largest absolute Gasteiger partial charge is 2.00 e. The Balaban J connectivity index is 0.000000155. The Bertz CT molecular complexity index is 4710. The predicted octanol–water partition coefficient (Wildman–Crippen LogP) is 21.0. The van der Waals surface area contributed by atoms with Crippen molar-refractivity contribution in [2.45, 2.75) is 211 Å². The van der Waals surface area contributed by atoms with Gasteiger partial charge in [-0.15, -0.1) is 23.2 Å². The molecule has 0 radical (unpaired) electrons. The molecule has 3 saturated heterocycles. The first-order valence-electron chi connectivity index (χ1n) is 41.8. The minimum atomic E-state index is -0.577. The molecule has 20 rings (SSSR count). The maximum atomic E-state index is 6.48. The fraction of sp³-hybridized carbons (Fsp3) is 0.361. The Labute approximate surface area is 777 Å². The second kappa shape index (κ2) is 44.4. The van der Waals surface area contributed by atoms with Gasteiger partial charge in [0.2, 0.25) is 0 Å². The van der Waals surface area contributed by atoms with Crippen LogP contribution in [0.15, 0.2) is 247 Å². The first-order valence-corrected chi connectivity index (χ1v) is 50.8. The van der Waals surface area contributed by atoms with Crippen LogP contribution in [0, 0.1) is 14.9 Å². The van der Waals surface area contributed by atoms with E-state index in [4.69, 9.17) is 93.9 Å². The van der Waals surface area contributed by atoms with E-state index in [-0.39, 0.29) is 89.0 Å². The smallest absolute Gasteiger partial charge is 0.0620 e. The number of alkyl halides is 2. The summed E-state index contributed by atoms with van der Waals surface area (Å²) in [6, 6.07) is 85.6. The van der Waals surface area contributed by atoms with Crippen molar-refractivity contribution < 1.29 is 84.6 Å². The number of benzene rings is 10. The van der Waals surface area contributed by atoms with Crippen molar-refractivity contribution in [3.8, 4) is 46.0 Å². The van der Waals surface area contributed by atoms with Crippen LogP contribution in [0.25, 0.3) is 0 Å². The summed E-state index contributed by atoms with van der Waals surface area (Å²) >= 11 is 13.0. The number of hydrogen-bond acceptors (Lipinski definition) is 11. The standard InChI is InChI=1S/C24H22B2O4.C18H10BBrO2.2C17H19P.C12H24B2O4.C6H12O.CH2Cl2.2CH3.2ClH.Fe.Pd/c1-23(2)24(3,4)30-26(29-23)17-13-14-20-21-22(17)28-19-12-8-6-10-16(19)25(21)15-9-5-7-11-18(15)27-20;20-13-9-10-16-17-18(13)22-15-8-4-2-6-12(15)19(17)11-5-1-3-7-14(11)21-16;2*1-3-9-15(10-4-1)18(17-13-7-8-14-17)16-11-5-2-6-12-16;1-9(2)10(3,4)16-13(15-9)14-17-11(5,6)12(7,8)18-14;1-7-6-4-2-3-5-6;2-1-3;;;;;;/h5-14H,1-4H3;1-10H;2*1-6,9-12,17H,7-8,13-14H2;1-8H3;6H,2-5H2,1H3;1H2;2*1H3;2*1H;;/q;;;;;;;2*-1;;;2*+2. The third-order valence-corrected chi connectivity index (χ3v) is 32.7. The molecule has 10 aromatic carbocycles. The average Bonchev–Trinajstić information content (AvgIpc) is 0.998. The van der Waals surface area contributed by atoms with Gasteiger partial charge in [-0.05, 0) is 276 Å². The van der Waals surface area contributed by atoms with Crippen LogP contribution in [0.3, 0.4) is 0 Å². The summed E-state index contributed by atoms with van der Waals surface area (Å²) in [6.07, 6.45) is 17.4. The molecule has 25 heteroatoms. The molecule has 0 N–H and O–H groups in total. The summed E-state index contributed by atoms with van der Waals surface area (Å²) in [5.41, 5.74) is 7.28. The van der Waals surface area contributed by atoms with Gasteiger partial charge in [-0.2, -0.15) is 0 Å². The molecule has 6 fully saturated rings. The summed E-state index contributed by atoms with van der Waals surface area (Å²) in [5, 5.41) is 6.53. The Morgan fingerprint density at radius 2 is 0.615 bits per heavy atom. The first-order chi connectivity index (χ1) is 57.2. The van der Waals surface area contributed by atoms with E-state index in [1.54, 1.807) is 28.3 Å². The van der Waals surface area contributed by atoms with Crippen LogP contribution in [0.4, 0.5) is 0 Å². The van der Waals surface area contributed by atoms with E-state index in [0.717, 1.165) is 89.1 Å². The summed E-state index contributed by atoms with van der Waals surface area (Å²) in [7, 11) is 8.82. The van der Waals surface area contributed by atoms with Gasteiger partial charge in [0, 0.05) is 23.5 Å². The maximum absolute atomic E-state index is 6.48. The molecule has 0 aromatic heterocycles. The number of halogens is 5. The van der Waals surface area contributed by atoms with Gasteiger partial charge in [-0.1, -0.05) is 165 Å². The zero-order chi connectivity index (χ0) is 84.3. The average molecular weight is 1960 g/mol. The van der Waals surface area contributed by atoms with E-state index >= 15 is 0 Å². The molecule has 10 aliphatic rings. The fourth-order valence-corrected chi connectivity index (χ4v) is 24.4. The van der Waals surface area contributed by atoms with Crippen LogP contribution in [0.2, 0.25) is 0 Å². The molecule has 7 aliphatic heterocycles. The molecule has 0 atom stereocenters. The van der Waals surface area contributed by atoms with Gasteiger partial charge >= 0.3 is 73.2 Å². The Morgan fingerprint density at radius 1 is 0.352 bits per heavy atom. The minimum Gasteiger partial charge on any atom is -0.0620 e. The molecule has 3 saturated carbocycles. The van der Waals surface area contributed by atoms with Gasteiger partial charge in [-0.25, -0.2) is 0 Å². The molecule has 0 amide bonds. The fourth-order valence-electron chi connectivity index (χ4n) is 17.2. The number of ether oxygens (including phenoxy) is 5. The molecule has 122 heavy (non-hydrogen) atoms. The van der Waals surface area contributed by atoms with Crippen molar-refractivity contribution in [2.24, 2.45) is 0 Å². The number of fused-ring (bicyclic) bond motifs is 8. The van der Waals surface area contributed by atoms with E-state index in [2.05, 4.69) is 213 Å². The molecular formula is C97H116B5BrCl4FeO11P2Pd+2. The summed E-state index contributed by atoms with van der Waals surface area (Å²) < 4.78 is 67.6. The number of hydrogen-bond donors (Lipinski definition) is 0. The molecule has 11 nitrogen and oxygen atoms in total. The van der Waals surface area contributed by atoms with Crippen molar-refractivity contribution >= 4 is 168 Å². The quantitative estimate of drug-likeness (QED) is 0.0597. The molecule has 10 aromatic rings. The van der Waals surface area contributed by atoms with Gasteiger partial charge in [0.25, 0.3) is 13.4 Å². The maximum Gasteiger partial charge on any atom is 2.00 e. The van der Waals surface area contributed by atoms with Gasteiger partial charge < -0.3 is 66.5 Å². The van der Waals surface area contributed by atoms with Crippen molar-refractivity contribution in [1.29, 1.82) is 0 Å². The molecular weight excluding hydrogens is 1840 g/mol. The second-order valence-electron chi connectivity index (χ2n) is 34.5. The van der Waals surface area contributed by atoms with E-state index < -0.39 is 48.2 Å². The van der Waals surface area contributed by atoms with Crippen LogP contribution in [0.5, 0.6) is 46.0 Å². The third-order valence-electron chi connectivity index (χ3n) is 25.4. The van der Waals surface area contributed by atoms with Crippen LogP contribution in [0.1, 0.15) is 160 Å². The normalized spacial score (nSPS) is 18.4.